The summed E-state index contributed by atoms with van der Waals surface area (Å²) < 4.78 is 5.22. The summed E-state index contributed by atoms with van der Waals surface area (Å²) >= 11 is 7.08. The number of thioether (sulfide) groups is 1. The first-order chi connectivity index (χ1) is 12.0. The van der Waals surface area contributed by atoms with Crippen LogP contribution in [0.2, 0.25) is 5.02 Å². The highest BCUT2D eigenvalue weighted by Gasteiger charge is 2.12. The standard InChI is InChI=1S/C18H16ClN3O2S/c1-11-4-3-5-15(12(11)2)20-16(23)10-25-18-21-17(24-22-18)13-6-8-14(19)9-7-13/h3-9H,10H2,1-2H3,(H,20,23). The third kappa shape index (κ3) is 4.41. The Hall–Kier alpha value is -2.31. The molecule has 0 radical (unpaired) electrons. The first kappa shape index (κ1) is 17.5. The second-order valence-electron chi connectivity index (χ2n) is 5.47. The van der Waals surface area contributed by atoms with Crippen molar-refractivity contribution in [3.05, 3.63) is 58.6 Å². The Morgan fingerprint density at radius 2 is 1.96 bits per heavy atom. The Morgan fingerprint density at radius 1 is 1.20 bits per heavy atom. The molecule has 1 amide bonds. The smallest absolute Gasteiger partial charge is 0.258 e. The number of amides is 1. The molecular weight excluding hydrogens is 358 g/mol. The van der Waals surface area contributed by atoms with Crippen LogP contribution in [0.3, 0.4) is 0 Å². The van der Waals surface area contributed by atoms with Crippen molar-refractivity contribution in [2.75, 3.05) is 11.1 Å². The van der Waals surface area contributed by atoms with Crippen LogP contribution in [-0.2, 0) is 4.79 Å². The van der Waals surface area contributed by atoms with Crippen molar-refractivity contribution in [1.82, 2.24) is 10.1 Å². The first-order valence-electron chi connectivity index (χ1n) is 7.61. The van der Waals surface area contributed by atoms with Crippen LogP contribution in [0, 0.1) is 13.8 Å². The predicted molar refractivity (Wildman–Crippen MR) is 100 cm³/mol. The van der Waals surface area contributed by atoms with E-state index in [-0.39, 0.29) is 11.7 Å². The number of benzene rings is 2. The van der Waals surface area contributed by atoms with Gasteiger partial charge in [0.15, 0.2) is 0 Å². The molecule has 1 aromatic heterocycles. The number of hydrogen-bond acceptors (Lipinski definition) is 5. The zero-order valence-electron chi connectivity index (χ0n) is 13.7. The van der Waals surface area contributed by atoms with Crippen LogP contribution in [0.15, 0.2) is 52.1 Å². The van der Waals surface area contributed by atoms with Gasteiger partial charge in [-0.1, -0.05) is 35.5 Å². The van der Waals surface area contributed by atoms with Crippen LogP contribution in [0.25, 0.3) is 11.5 Å². The Morgan fingerprint density at radius 3 is 2.72 bits per heavy atom. The van der Waals surface area contributed by atoms with Crippen molar-refractivity contribution in [3.8, 4) is 11.5 Å². The Labute approximate surface area is 154 Å². The summed E-state index contributed by atoms with van der Waals surface area (Å²) in [5.41, 5.74) is 3.80. The van der Waals surface area contributed by atoms with E-state index in [9.17, 15) is 4.79 Å². The molecule has 0 atom stereocenters. The monoisotopic (exact) mass is 373 g/mol. The second-order valence-corrected chi connectivity index (χ2v) is 6.85. The molecule has 5 nitrogen and oxygen atoms in total. The Balaban J connectivity index is 1.59. The summed E-state index contributed by atoms with van der Waals surface area (Å²) in [6.07, 6.45) is 0. The number of aromatic nitrogens is 2. The Kier molecular flexibility index (Phi) is 5.40. The average Bonchev–Trinajstić information content (AvgIpc) is 3.07. The molecule has 0 aliphatic carbocycles. The van der Waals surface area contributed by atoms with E-state index in [1.54, 1.807) is 24.3 Å². The van der Waals surface area contributed by atoms with E-state index in [4.69, 9.17) is 16.1 Å². The van der Waals surface area contributed by atoms with E-state index in [1.165, 1.54) is 11.8 Å². The molecule has 0 fully saturated rings. The number of anilines is 1. The normalized spacial score (nSPS) is 10.7. The van der Waals surface area contributed by atoms with Crippen LogP contribution in [0.5, 0.6) is 0 Å². The lowest BCUT2D eigenvalue weighted by atomic mass is 10.1. The van der Waals surface area contributed by atoms with Crippen LogP contribution in [0.1, 0.15) is 11.1 Å². The predicted octanol–water partition coefficient (Wildman–Crippen LogP) is 4.74. The van der Waals surface area contributed by atoms with E-state index in [1.807, 2.05) is 32.0 Å². The van der Waals surface area contributed by atoms with Gasteiger partial charge in [0.1, 0.15) is 0 Å². The van der Waals surface area contributed by atoms with Gasteiger partial charge >= 0.3 is 0 Å². The maximum Gasteiger partial charge on any atom is 0.258 e. The fourth-order valence-electron chi connectivity index (χ4n) is 2.18. The maximum atomic E-state index is 12.1. The number of nitrogens with one attached hydrogen (secondary N) is 1. The lowest BCUT2D eigenvalue weighted by Gasteiger charge is -2.09. The van der Waals surface area contributed by atoms with Gasteiger partial charge in [-0.15, -0.1) is 0 Å². The van der Waals surface area contributed by atoms with Gasteiger partial charge in [0.05, 0.1) is 5.75 Å². The van der Waals surface area contributed by atoms with Crippen molar-refractivity contribution >= 4 is 35.0 Å². The van der Waals surface area contributed by atoms with Gasteiger partial charge < -0.3 is 9.84 Å². The minimum Gasteiger partial charge on any atom is -0.333 e. The van der Waals surface area contributed by atoms with Crippen molar-refractivity contribution in [1.29, 1.82) is 0 Å². The summed E-state index contributed by atoms with van der Waals surface area (Å²) in [5, 5.41) is 7.85. The van der Waals surface area contributed by atoms with Crippen LogP contribution < -0.4 is 5.32 Å². The maximum absolute atomic E-state index is 12.1. The molecule has 128 valence electrons. The minimum atomic E-state index is -0.114. The molecule has 25 heavy (non-hydrogen) atoms. The largest absolute Gasteiger partial charge is 0.333 e. The molecule has 0 saturated heterocycles. The molecule has 0 aliphatic rings. The molecule has 3 rings (SSSR count). The van der Waals surface area contributed by atoms with Gasteiger partial charge in [0.25, 0.3) is 5.89 Å². The van der Waals surface area contributed by atoms with E-state index >= 15 is 0 Å². The fraction of sp³-hybridized carbons (Fsp3) is 0.167. The first-order valence-corrected chi connectivity index (χ1v) is 8.98. The van der Waals surface area contributed by atoms with Gasteiger partial charge in [0, 0.05) is 16.3 Å². The van der Waals surface area contributed by atoms with Crippen LogP contribution >= 0.6 is 23.4 Å². The lowest BCUT2D eigenvalue weighted by Crippen LogP contribution is -2.15. The van der Waals surface area contributed by atoms with Gasteiger partial charge in [0.2, 0.25) is 11.1 Å². The number of carbonyl (C=O) groups is 1. The molecule has 0 aliphatic heterocycles. The van der Waals surface area contributed by atoms with Crippen LogP contribution in [0.4, 0.5) is 5.69 Å². The number of rotatable bonds is 5. The highest BCUT2D eigenvalue weighted by molar-refractivity contribution is 7.99. The molecule has 0 saturated carbocycles. The molecule has 7 heteroatoms. The summed E-state index contributed by atoms with van der Waals surface area (Å²) in [6.45, 7) is 3.99. The van der Waals surface area contributed by atoms with Crippen LogP contribution in [-0.4, -0.2) is 21.8 Å². The van der Waals surface area contributed by atoms with Gasteiger partial charge in [-0.2, -0.15) is 4.98 Å². The zero-order chi connectivity index (χ0) is 17.8. The van der Waals surface area contributed by atoms with Crippen molar-refractivity contribution < 1.29 is 9.32 Å². The summed E-state index contributed by atoms with van der Waals surface area (Å²) in [7, 11) is 0. The van der Waals surface area contributed by atoms with E-state index in [2.05, 4.69) is 15.5 Å². The summed E-state index contributed by atoms with van der Waals surface area (Å²) in [6, 6.07) is 12.9. The van der Waals surface area contributed by atoms with E-state index in [0.29, 0.717) is 16.1 Å². The Bertz CT molecular complexity index is 894. The van der Waals surface area contributed by atoms with Gasteiger partial charge in [-0.05, 0) is 60.5 Å². The van der Waals surface area contributed by atoms with Crippen molar-refractivity contribution in [2.24, 2.45) is 0 Å². The van der Waals surface area contributed by atoms with Gasteiger partial charge in [-0.3, -0.25) is 4.79 Å². The van der Waals surface area contributed by atoms with E-state index in [0.717, 1.165) is 22.4 Å². The van der Waals surface area contributed by atoms with E-state index < -0.39 is 0 Å². The molecule has 2 aromatic carbocycles. The number of nitrogens with zero attached hydrogens (tertiary/aromatic N) is 2. The highest BCUT2D eigenvalue weighted by atomic mass is 35.5. The average molecular weight is 374 g/mol. The van der Waals surface area contributed by atoms with Gasteiger partial charge in [-0.25, -0.2) is 0 Å². The third-order valence-corrected chi connectivity index (χ3v) is 4.79. The minimum absolute atomic E-state index is 0.114. The number of aryl methyl sites for hydroxylation is 1. The third-order valence-electron chi connectivity index (χ3n) is 3.71. The highest BCUT2D eigenvalue weighted by Crippen LogP contribution is 2.23. The molecule has 1 N–H and O–H groups in total. The second kappa shape index (κ2) is 7.72. The zero-order valence-corrected chi connectivity index (χ0v) is 15.3. The topological polar surface area (TPSA) is 68.0 Å². The molecule has 0 spiro atoms. The molecular formula is C18H16ClN3O2S. The molecule has 3 aromatic rings. The number of hydrogen-bond donors (Lipinski definition) is 1. The summed E-state index contributed by atoms with van der Waals surface area (Å²) in [4.78, 5) is 16.4. The lowest BCUT2D eigenvalue weighted by molar-refractivity contribution is -0.113. The fourth-order valence-corrected chi connectivity index (χ4v) is 2.88. The summed E-state index contributed by atoms with van der Waals surface area (Å²) in [5.74, 6) is 0.484. The molecule has 0 unspecified atom stereocenters. The number of carbonyl (C=O) groups excluding carboxylic acids is 1. The SMILES string of the molecule is Cc1cccc(NC(=O)CSc2noc(-c3ccc(Cl)cc3)n2)c1C. The number of halogens is 1. The quantitative estimate of drug-likeness (QED) is 0.654. The van der Waals surface area contributed by atoms with Crippen molar-refractivity contribution in [2.45, 2.75) is 19.0 Å². The van der Waals surface area contributed by atoms with Crippen molar-refractivity contribution in [3.63, 3.8) is 0 Å². The molecule has 0 bridgehead atoms. The molecule has 1 heterocycles.